The minimum atomic E-state index is -3.27. The summed E-state index contributed by atoms with van der Waals surface area (Å²) in [5, 5.41) is 2.47. The highest BCUT2D eigenvalue weighted by Gasteiger charge is 2.25. The van der Waals surface area contributed by atoms with E-state index >= 15 is 0 Å². The molecule has 1 aliphatic heterocycles. The molecule has 1 saturated heterocycles. The lowest BCUT2D eigenvalue weighted by molar-refractivity contribution is 0.166. The van der Waals surface area contributed by atoms with Gasteiger partial charge in [-0.1, -0.05) is 18.2 Å². The third-order valence-corrected chi connectivity index (χ3v) is 6.43. The van der Waals surface area contributed by atoms with Gasteiger partial charge in [-0.15, -0.1) is 0 Å². The Morgan fingerprint density at radius 1 is 1.35 bits per heavy atom. The van der Waals surface area contributed by atoms with E-state index in [0.29, 0.717) is 26.2 Å². The molecular formula is C18H29N3O4S. The van der Waals surface area contributed by atoms with Crippen molar-refractivity contribution in [3.63, 3.8) is 0 Å². The Hall–Kier alpha value is -1.80. The number of hydrogen-bond acceptors (Lipinski definition) is 4. The predicted octanol–water partition coefficient (Wildman–Crippen LogP) is 1.94. The molecule has 0 bridgehead atoms. The van der Waals surface area contributed by atoms with E-state index in [4.69, 9.17) is 4.74 Å². The van der Waals surface area contributed by atoms with E-state index in [1.54, 1.807) is 25.9 Å². The van der Waals surface area contributed by atoms with Gasteiger partial charge < -0.3 is 15.0 Å². The maximum Gasteiger partial charge on any atom is 0.317 e. The Bertz CT molecular complexity index is 706. The molecule has 7 nitrogen and oxygen atoms in total. The zero-order valence-corrected chi connectivity index (χ0v) is 16.5. The highest BCUT2D eigenvalue weighted by Crippen LogP contribution is 2.18. The Balaban J connectivity index is 1.85. The Morgan fingerprint density at radius 3 is 2.77 bits per heavy atom. The number of benzene rings is 1. The number of amides is 2. The molecule has 2 amide bonds. The number of ether oxygens (including phenoxy) is 1. The van der Waals surface area contributed by atoms with Crippen LogP contribution in [0.5, 0.6) is 5.75 Å². The number of nitrogens with zero attached hydrogens (tertiary/aromatic N) is 1. The zero-order chi connectivity index (χ0) is 19.2. The molecule has 8 heteroatoms. The van der Waals surface area contributed by atoms with E-state index in [-0.39, 0.29) is 11.9 Å². The van der Waals surface area contributed by atoms with Crippen LogP contribution in [0.25, 0.3) is 0 Å². The van der Waals surface area contributed by atoms with E-state index in [1.165, 1.54) is 0 Å². The average molecular weight is 384 g/mol. The lowest BCUT2D eigenvalue weighted by Crippen LogP contribution is -2.47. The van der Waals surface area contributed by atoms with E-state index in [0.717, 1.165) is 24.2 Å². The lowest BCUT2D eigenvalue weighted by Gasteiger charge is -2.33. The first-order valence-corrected chi connectivity index (χ1v) is 10.5. The van der Waals surface area contributed by atoms with Crippen molar-refractivity contribution in [1.29, 1.82) is 0 Å². The summed E-state index contributed by atoms with van der Waals surface area (Å²) in [6.45, 7) is 5.31. The molecule has 146 valence electrons. The van der Waals surface area contributed by atoms with Crippen LogP contribution in [-0.2, 0) is 16.6 Å². The summed E-state index contributed by atoms with van der Waals surface area (Å²) in [4.78, 5) is 14.2. The van der Waals surface area contributed by atoms with Crippen molar-refractivity contribution < 1.29 is 17.9 Å². The molecule has 0 saturated carbocycles. The van der Waals surface area contributed by atoms with Crippen LogP contribution in [0.1, 0.15) is 32.3 Å². The largest absolute Gasteiger partial charge is 0.496 e. The van der Waals surface area contributed by atoms with Gasteiger partial charge in [-0.3, -0.25) is 0 Å². The normalized spacial score (nSPS) is 18.0. The van der Waals surface area contributed by atoms with Crippen molar-refractivity contribution in [3.8, 4) is 5.75 Å². The van der Waals surface area contributed by atoms with Gasteiger partial charge in [0.15, 0.2) is 0 Å². The fourth-order valence-corrected chi connectivity index (χ4v) is 3.75. The number of carbonyl (C=O) groups is 1. The molecule has 26 heavy (non-hydrogen) atoms. The van der Waals surface area contributed by atoms with Crippen LogP contribution in [0, 0.1) is 5.92 Å². The number of carbonyl (C=O) groups excluding carboxylic acids is 1. The fourth-order valence-electron chi connectivity index (χ4n) is 2.95. The van der Waals surface area contributed by atoms with Crippen molar-refractivity contribution in [2.45, 2.75) is 38.5 Å². The molecule has 0 aromatic heterocycles. The minimum absolute atomic E-state index is 0.132. The number of rotatable bonds is 7. The third kappa shape index (κ3) is 5.60. The fraction of sp³-hybridized carbons (Fsp3) is 0.611. The second kappa shape index (κ2) is 9.23. The quantitative estimate of drug-likeness (QED) is 0.753. The van der Waals surface area contributed by atoms with Crippen LogP contribution in [-0.4, -0.2) is 51.3 Å². The first-order valence-electron chi connectivity index (χ1n) is 8.96. The van der Waals surface area contributed by atoms with Gasteiger partial charge in [0.25, 0.3) is 0 Å². The van der Waals surface area contributed by atoms with Gasteiger partial charge >= 0.3 is 6.03 Å². The van der Waals surface area contributed by atoms with Crippen molar-refractivity contribution in [2.75, 3.05) is 26.7 Å². The number of para-hydroxylation sites is 1. The maximum atomic E-state index is 12.5. The van der Waals surface area contributed by atoms with Crippen LogP contribution in [0.4, 0.5) is 4.79 Å². The summed E-state index contributed by atoms with van der Waals surface area (Å²) in [6, 6.07) is 7.43. The standard InChI is InChI=1S/C18H29N3O4S/c1-14(2)26(23,24)20-11-15-7-6-10-21(13-15)18(22)19-12-16-8-4-5-9-17(16)25-3/h4-5,8-9,14-15,20H,6-7,10-13H2,1-3H3,(H,19,22). The molecule has 1 fully saturated rings. The smallest absolute Gasteiger partial charge is 0.317 e. The lowest BCUT2D eigenvalue weighted by atomic mass is 9.99. The molecule has 1 unspecified atom stereocenters. The summed E-state index contributed by atoms with van der Waals surface area (Å²) in [5.41, 5.74) is 0.918. The van der Waals surface area contributed by atoms with E-state index in [1.807, 2.05) is 24.3 Å². The molecule has 0 aliphatic carbocycles. The van der Waals surface area contributed by atoms with Crippen molar-refractivity contribution in [3.05, 3.63) is 29.8 Å². The molecule has 2 rings (SSSR count). The Morgan fingerprint density at radius 2 is 2.08 bits per heavy atom. The van der Waals surface area contributed by atoms with Crippen LogP contribution < -0.4 is 14.8 Å². The summed E-state index contributed by atoms with van der Waals surface area (Å²) < 4.78 is 31.7. The summed E-state index contributed by atoms with van der Waals surface area (Å²) in [7, 11) is -1.67. The summed E-state index contributed by atoms with van der Waals surface area (Å²) >= 11 is 0. The number of methoxy groups -OCH3 is 1. The van der Waals surface area contributed by atoms with E-state index in [9.17, 15) is 13.2 Å². The summed E-state index contributed by atoms with van der Waals surface area (Å²) in [6.07, 6.45) is 1.78. The van der Waals surface area contributed by atoms with Crippen molar-refractivity contribution in [2.24, 2.45) is 5.92 Å². The number of piperidine rings is 1. The summed E-state index contributed by atoms with van der Waals surface area (Å²) in [5.74, 6) is 0.877. The maximum absolute atomic E-state index is 12.5. The van der Waals surface area contributed by atoms with E-state index < -0.39 is 15.3 Å². The van der Waals surface area contributed by atoms with Crippen molar-refractivity contribution in [1.82, 2.24) is 14.9 Å². The number of hydrogen-bond donors (Lipinski definition) is 2. The monoisotopic (exact) mass is 383 g/mol. The molecule has 0 radical (unpaired) electrons. The second-order valence-electron chi connectivity index (χ2n) is 6.87. The first kappa shape index (κ1) is 20.5. The van der Waals surface area contributed by atoms with Crippen LogP contribution in [0.15, 0.2) is 24.3 Å². The van der Waals surface area contributed by atoms with Gasteiger partial charge in [-0.2, -0.15) is 0 Å². The zero-order valence-electron chi connectivity index (χ0n) is 15.7. The van der Waals surface area contributed by atoms with E-state index in [2.05, 4.69) is 10.0 Å². The van der Waals surface area contributed by atoms with Gasteiger partial charge in [-0.25, -0.2) is 17.9 Å². The molecule has 2 N–H and O–H groups in total. The van der Waals surface area contributed by atoms with Gasteiger partial charge in [0.1, 0.15) is 5.75 Å². The molecule has 1 aromatic carbocycles. The van der Waals surface area contributed by atoms with Gasteiger partial charge in [0.2, 0.25) is 10.0 Å². The number of nitrogens with one attached hydrogen (secondary N) is 2. The second-order valence-corrected chi connectivity index (χ2v) is 9.19. The number of urea groups is 1. The molecule has 1 atom stereocenters. The average Bonchev–Trinajstić information content (AvgIpc) is 2.64. The molecule has 1 aromatic rings. The van der Waals surface area contributed by atoms with Crippen molar-refractivity contribution >= 4 is 16.1 Å². The van der Waals surface area contributed by atoms with Gasteiger partial charge in [0, 0.05) is 31.7 Å². The Kier molecular flexibility index (Phi) is 7.28. The Labute approximate surface area is 156 Å². The van der Waals surface area contributed by atoms with Crippen LogP contribution in [0.3, 0.4) is 0 Å². The SMILES string of the molecule is COc1ccccc1CNC(=O)N1CCCC(CNS(=O)(=O)C(C)C)C1. The minimum Gasteiger partial charge on any atom is -0.496 e. The molecular weight excluding hydrogens is 354 g/mol. The predicted molar refractivity (Wildman–Crippen MR) is 102 cm³/mol. The number of sulfonamides is 1. The molecule has 0 spiro atoms. The first-order chi connectivity index (χ1) is 12.3. The highest BCUT2D eigenvalue weighted by molar-refractivity contribution is 7.90. The molecule has 1 aliphatic rings. The molecule has 1 heterocycles. The highest BCUT2D eigenvalue weighted by atomic mass is 32.2. The number of likely N-dealkylation sites (tertiary alicyclic amines) is 1. The van der Waals surface area contributed by atoms with Gasteiger partial charge in [-0.05, 0) is 38.7 Å². The van der Waals surface area contributed by atoms with Crippen LogP contribution in [0.2, 0.25) is 0 Å². The third-order valence-electron chi connectivity index (χ3n) is 4.62. The topological polar surface area (TPSA) is 87.7 Å². The van der Waals surface area contributed by atoms with Gasteiger partial charge in [0.05, 0.1) is 12.4 Å². The van der Waals surface area contributed by atoms with Crippen LogP contribution >= 0.6 is 0 Å².